The quantitative estimate of drug-likeness (QED) is 0.247. The molecule has 9 N–H and O–H groups in total. The van der Waals surface area contributed by atoms with Crippen molar-refractivity contribution in [1.29, 1.82) is 0 Å². The molecule has 3 rings (SSSR count). The van der Waals surface area contributed by atoms with Gasteiger partial charge in [0.1, 0.15) is 17.0 Å². The zero-order valence-corrected chi connectivity index (χ0v) is 16.3. The molecule has 1 aromatic heterocycles. The van der Waals surface area contributed by atoms with Crippen LogP contribution in [0.1, 0.15) is 0 Å². The van der Waals surface area contributed by atoms with Gasteiger partial charge in [-0.3, -0.25) is 13.9 Å². The zero-order chi connectivity index (χ0) is 22.2. The Balaban J connectivity index is 0.000000245. The third-order valence-corrected chi connectivity index (χ3v) is 3.25. The molecule has 0 aliphatic heterocycles. The van der Waals surface area contributed by atoms with Gasteiger partial charge in [0.05, 0.1) is 31.1 Å². The van der Waals surface area contributed by atoms with Gasteiger partial charge < -0.3 is 31.7 Å². The van der Waals surface area contributed by atoms with Crippen LogP contribution in [0.25, 0.3) is 11.0 Å². The second-order valence-corrected chi connectivity index (χ2v) is 6.11. The monoisotopic (exact) mass is 427 g/mol. The Bertz CT molecular complexity index is 1120. The molecule has 0 aliphatic rings. The highest BCUT2D eigenvalue weighted by Gasteiger charge is 2.05. The molecule has 0 bridgehead atoms. The van der Waals surface area contributed by atoms with Gasteiger partial charge in [-0.15, -0.1) is 0 Å². The van der Waals surface area contributed by atoms with Crippen LogP contribution in [0.15, 0.2) is 41.2 Å². The lowest BCUT2D eigenvalue weighted by Gasteiger charge is -2.04. The van der Waals surface area contributed by atoms with Gasteiger partial charge >= 0.3 is 10.4 Å². The van der Waals surface area contributed by atoms with Crippen LogP contribution in [0.3, 0.4) is 0 Å². The lowest BCUT2D eigenvalue weighted by Crippen LogP contribution is -2.13. The first-order valence-corrected chi connectivity index (χ1v) is 9.08. The van der Waals surface area contributed by atoms with Crippen LogP contribution < -0.4 is 32.2 Å². The van der Waals surface area contributed by atoms with Gasteiger partial charge in [0.15, 0.2) is 5.82 Å². The molecule has 0 radical (unpaired) electrons. The molecule has 12 nitrogen and oxygen atoms in total. The number of hydrogen-bond donors (Lipinski definition) is 6. The van der Waals surface area contributed by atoms with Crippen LogP contribution in [0, 0.1) is 0 Å². The van der Waals surface area contributed by atoms with Gasteiger partial charge in [0, 0.05) is 0 Å². The summed E-state index contributed by atoms with van der Waals surface area (Å²) in [7, 11) is -1.57. The Morgan fingerprint density at radius 2 is 1.48 bits per heavy atom. The maximum atomic E-state index is 11.1. The Hall–Kier alpha value is -3.55. The highest BCUT2D eigenvalue weighted by molar-refractivity contribution is 7.79. The number of aromatic amines is 1. The summed E-state index contributed by atoms with van der Waals surface area (Å²) in [5.74, 6) is 1.16. The standard InChI is InChI=1S/C9H9N3O2.C7H10N2O.H2O4S/c1-14-6-4-2-3-5-7(6)12-8(10)9(13)11-5;1-10-6-4-2-3-5(8)7(6)9;1-5(2,3)4/h2-4H,1H3,(H2,10,12)(H,11,13);2-4H,8-9H2,1H3;(H2,1,2,3,4). The van der Waals surface area contributed by atoms with Crippen molar-refractivity contribution in [2.45, 2.75) is 0 Å². The number of nitrogens with zero attached hydrogens (tertiary/aromatic N) is 1. The SMILES string of the molecule is COc1cccc(N)c1N.COc1cccc2[nH]c(=O)c(N)nc12.O=S(=O)(O)O. The molecule has 29 heavy (non-hydrogen) atoms. The zero-order valence-electron chi connectivity index (χ0n) is 15.5. The number of H-pyrrole nitrogens is 1. The maximum Gasteiger partial charge on any atom is 0.394 e. The number of hydrogen-bond acceptors (Lipinski definition) is 9. The number of nitrogens with one attached hydrogen (secondary N) is 1. The van der Waals surface area contributed by atoms with Crippen LogP contribution in [0.4, 0.5) is 17.2 Å². The molecule has 1 heterocycles. The van der Waals surface area contributed by atoms with Crippen LogP contribution in [-0.4, -0.2) is 41.7 Å². The second-order valence-electron chi connectivity index (χ2n) is 5.22. The predicted octanol–water partition coefficient (Wildman–Crippen LogP) is 0.721. The average molecular weight is 427 g/mol. The van der Waals surface area contributed by atoms with Crippen LogP contribution in [0.2, 0.25) is 0 Å². The first-order valence-electron chi connectivity index (χ1n) is 7.68. The Kier molecular flexibility index (Phi) is 8.20. The van der Waals surface area contributed by atoms with Gasteiger partial charge in [-0.25, -0.2) is 4.98 Å². The van der Waals surface area contributed by atoms with E-state index in [-0.39, 0.29) is 11.4 Å². The van der Waals surface area contributed by atoms with Gasteiger partial charge in [0.2, 0.25) is 0 Å². The summed E-state index contributed by atoms with van der Waals surface area (Å²) in [4.78, 5) is 17.7. The Labute approximate surface area is 165 Å². The van der Waals surface area contributed by atoms with E-state index in [1.807, 2.05) is 0 Å². The summed E-state index contributed by atoms with van der Waals surface area (Å²) in [5.41, 5.74) is 18.3. The van der Waals surface area contributed by atoms with E-state index in [2.05, 4.69) is 9.97 Å². The first-order chi connectivity index (χ1) is 13.5. The molecule has 0 unspecified atom stereocenters. The molecule has 158 valence electrons. The summed E-state index contributed by atoms with van der Waals surface area (Å²) in [6, 6.07) is 10.6. The minimum absolute atomic E-state index is 0.0537. The predicted molar refractivity (Wildman–Crippen MR) is 109 cm³/mol. The molecular formula is C16H21N5O7S. The van der Waals surface area contributed by atoms with Crippen molar-refractivity contribution in [2.75, 3.05) is 31.4 Å². The number of fused-ring (bicyclic) bond motifs is 1. The third-order valence-electron chi connectivity index (χ3n) is 3.25. The minimum Gasteiger partial charge on any atom is -0.495 e. The number of methoxy groups -OCH3 is 2. The van der Waals surface area contributed by atoms with Gasteiger partial charge in [-0.1, -0.05) is 12.1 Å². The number of nitrogens with two attached hydrogens (primary N) is 3. The van der Waals surface area contributed by atoms with Crippen molar-refractivity contribution in [2.24, 2.45) is 0 Å². The van der Waals surface area contributed by atoms with E-state index in [1.165, 1.54) is 7.11 Å². The molecular weight excluding hydrogens is 406 g/mol. The largest absolute Gasteiger partial charge is 0.495 e. The van der Waals surface area contributed by atoms with E-state index >= 15 is 0 Å². The molecule has 0 saturated carbocycles. The second kappa shape index (κ2) is 10.1. The maximum absolute atomic E-state index is 11.1. The number of para-hydroxylation sites is 2. The van der Waals surface area contributed by atoms with E-state index in [0.717, 1.165) is 0 Å². The van der Waals surface area contributed by atoms with Crippen molar-refractivity contribution >= 4 is 38.6 Å². The van der Waals surface area contributed by atoms with Crippen molar-refractivity contribution in [1.82, 2.24) is 9.97 Å². The number of rotatable bonds is 2. The summed E-state index contributed by atoms with van der Waals surface area (Å²) in [6.07, 6.45) is 0. The molecule has 3 aromatic rings. The molecule has 2 aromatic carbocycles. The minimum atomic E-state index is -4.67. The summed E-state index contributed by atoms with van der Waals surface area (Å²) in [6.45, 7) is 0. The van der Waals surface area contributed by atoms with Gasteiger partial charge in [0.25, 0.3) is 5.56 Å². The fourth-order valence-corrected chi connectivity index (χ4v) is 2.00. The summed E-state index contributed by atoms with van der Waals surface area (Å²) >= 11 is 0. The van der Waals surface area contributed by atoms with Crippen molar-refractivity contribution in [3.8, 4) is 11.5 Å². The normalized spacial score (nSPS) is 10.2. The number of ether oxygens (including phenoxy) is 2. The molecule has 0 fully saturated rings. The fraction of sp³-hybridized carbons (Fsp3) is 0.125. The number of nitrogen functional groups attached to an aromatic ring is 3. The van der Waals surface area contributed by atoms with E-state index < -0.39 is 10.4 Å². The smallest absolute Gasteiger partial charge is 0.394 e. The van der Waals surface area contributed by atoms with E-state index in [1.54, 1.807) is 43.5 Å². The molecule has 0 amide bonds. The molecule has 0 saturated heterocycles. The summed E-state index contributed by atoms with van der Waals surface area (Å²) < 4.78 is 41.6. The van der Waals surface area contributed by atoms with Gasteiger partial charge in [-0.05, 0) is 24.3 Å². The Morgan fingerprint density at radius 1 is 0.966 bits per heavy atom. The lowest BCUT2D eigenvalue weighted by atomic mass is 10.2. The van der Waals surface area contributed by atoms with E-state index in [9.17, 15) is 4.79 Å². The van der Waals surface area contributed by atoms with Crippen molar-refractivity contribution < 1.29 is 27.0 Å². The number of anilines is 3. The number of benzene rings is 2. The first kappa shape index (κ1) is 23.5. The van der Waals surface area contributed by atoms with E-state index in [4.69, 9.17) is 44.2 Å². The highest BCUT2D eigenvalue weighted by atomic mass is 32.3. The lowest BCUT2D eigenvalue weighted by molar-refractivity contribution is 0.381. The van der Waals surface area contributed by atoms with E-state index in [0.29, 0.717) is 33.9 Å². The molecule has 13 heteroatoms. The third kappa shape index (κ3) is 7.53. The number of aromatic nitrogens is 2. The summed E-state index contributed by atoms with van der Waals surface area (Å²) in [5, 5.41) is 0. The van der Waals surface area contributed by atoms with Crippen molar-refractivity contribution in [3.05, 3.63) is 46.8 Å². The fourth-order valence-electron chi connectivity index (χ4n) is 2.00. The topological polar surface area (TPSA) is 217 Å². The van der Waals surface area contributed by atoms with Gasteiger partial charge in [-0.2, -0.15) is 8.42 Å². The average Bonchev–Trinajstić information content (AvgIpc) is 2.64. The molecule has 0 spiro atoms. The Morgan fingerprint density at radius 3 is 2.00 bits per heavy atom. The molecule has 0 atom stereocenters. The van der Waals surface area contributed by atoms with Crippen LogP contribution >= 0.6 is 0 Å². The van der Waals surface area contributed by atoms with Crippen molar-refractivity contribution in [3.63, 3.8) is 0 Å². The highest BCUT2D eigenvalue weighted by Crippen LogP contribution is 2.25. The van der Waals surface area contributed by atoms with Crippen LogP contribution in [-0.2, 0) is 10.4 Å². The molecule has 0 aliphatic carbocycles. The van der Waals surface area contributed by atoms with Crippen LogP contribution in [0.5, 0.6) is 11.5 Å².